The first-order valence-corrected chi connectivity index (χ1v) is 14.5. The number of likely N-dealkylation sites (N-methyl/N-ethyl adjacent to an activating group) is 1. The number of thioether (sulfide) groups is 1. The maximum absolute atomic E-state index is 13.8. The van der Waals surface area contributed by atoms with E-state index in [0.717, 1.165) is 5.56 Å². The second-order valence-electron chi connectivity index (χ2n) is 10.2. The Morgan fingerprint density at radius 1 is 1.11 bits per heavy atom. The summed E-state index contributed by atoms with van der Waals surface area (Å²) in [5.74, 6) is -1.93. The van der Waals surface area contributed by atoms with Crippen LogP contribution in [0.3, 0.4) is 0 Å². The van der Waals surface area contributed by atoms with Gasteiger partial charge in [0.15, 0.2) is 0 Å². The molecule has 12 heteroatoms. The summed E-state index contributed by atoms with van der Waals surface area (Å²) in [6.45, 7) is 5.77. The normalized spacial score (nSPS) is 17.7. The molecule has 0 radical (unpaired) electrons. The molecule has 1 heterocycles. The molecule has 2 aromatic carbocycles. The fraction of sp³-hybridized carbons (Fsp3) is 0.423. The lowest BCUT2D eigenvalue weighted by atomic mass is 10.1. The van der Waals surface area contributed by atoms with Crippen molar-refractivity contribution in [3.8, 4) is 0 Å². The fourth-order valence-electron chi connectivity index (χ4n) is 3.95. The van der Waals surface area contributed by atoms with Gasteiger partial charge in [-0.3, -0.25) is 14.9 Å². The summed E-state index contributed by atoms with van der Waals surface area (Å²) in [4.78, 5) is 39.7. The standard InChI is InChI=1S/C26H34N4O6S2/c1-17-6-12-20(13-7-17)38(35,36)30(24(32)23-28-26(2,3)16-37-23)21(25(33)34)14-18-8-10-19(11-9-18)27-22(31)15-29(4)5/h6-13,21,23,28H,14-16H2,1-5H3,(H,27,31)(H,33,34)/t21-,23-/m0/s1. The number of carboxylic acid groups (broad SMARTS) is 1. The highest BCUT2D eigenvalue weighted by Crippen LogP contribution is 2.31. The molecule has 0 aromatic heterocycles. The largest absolute Gasteiger partial charge is 0.480 e. The van der Waals surface area contributed by atoms with E-state index in [2.05, 4.69) is 10.6 Å². The van der Waals surface area contributed by atoms with Crippen LogP contribution in [0.1, 0.15) is 25.0 Å². The van der Waals surface area contributed by atoms with Gasteiger partial charge in [-0.2, -0.15) is 0 Å². The zero-order chi connectivity index (χ0) is 28.3. The van der Waals surface area contributed by atoms with Crippen LogP contribution in [-0.4, -0.2) is 83.9 Å². The van der Waals surface area contributed by atoms with Crippen molar-refractivity contribution in [3.05, 3.63) is 59.7 Å². The number of carbonyl (C=O) groups excluding carboxylic acids is 2. The molecule has 206 valence electrons. The lowest BCUT2D eigenvalue weighted by molar-refractivity contribution is -0.146. The van der Waals surface area contributed by atoms with E-state index in [4.69, 9.17) is 0 Å². The number of carboxylic acids is 1. The monoisotopic (exact) mass is 562 g/mol. The Bertz CT molecular complexity index is 1280. The van der Waals surface area contributed by atoms with E-state index in [1.165, 1.54) is 23.9 Å². The molecular weight excluding hydrogens is 528 g/mol. The van der Waals surface area contributed by atoms with Crippen LogP contribution in [0.25, 0.3) is 0 Å². The van der Waals surface area contributed by atoms with Crippen LogP contribution in [-0.2, 0) is 30.8 Å². The van der Waals surface area contributed by atoms with E-state index < -0.39 is 38.9 Å². The third-order valence-corrected chi connectivity index (χ3v) is 9.21. The molecule has 0 aliphatic carbocycles. The van der Waals surface area contributed by atoms with Crippen LogP contribution >= 0.6 is 11.8 Å². The number of hydrogen-bond donors (Lipinski definition) is 3. The number of carbonyl (C=O) groups is 3. The minimum atomic E-state index is -4.50. The van der Waals surface area contributed by atoms with Crippen molar-refractivity contribution in [1.82, 2.24) is 14.5 Å². The number of nitrogens with zero attached hydrogens (tertiary/aromatic N) is 2. The summed E-state index contributed by atoms with van der Waals surface area (Å²) in [6, 6.07) is 10.7. The molecule has 1 aliphatic heterocycles. The van der Waals surface area contributed by atoms with E-state index >= 15 is 0 Å². The number of nitrogens with one attached hydrogen (secondary N) is 2. The summed E-state index contributed by atoms with van der Waals surface area (Å²) >= 11 is 1.24. The van der Waals surface area contributed by atoms with Gasteiger partial charge < -0.3 is 15.3 Å². The Morgan fingerprint density at radius 2 is 1.71 bits per heavy atom. The lowest BCUT2D eigenvalue weighted by Crippen LogP contribution is -2.55. The topological polar surface area (TPSA) is 136 Å². The maximum Gasteiger partial charge on any atom is 0.328 e. The van der Waals surface area contributed by atoms with Crippen molar-refractivity contribution >= 4 is 45.3 Å². The molecule has 0 saturated carbocycles. The van der Waals surface area contributed by atoms with Gasteiger partial charge in [0, 0.05) is 23.4 Å². The second kappa shape index (κ2) is 11.9. The number of hydrogen-bond acceptors (Lipinski definition) is 8. The first-order valence-electron chi connectivity index (χ1n) is 12.0. The minimum absolute atomic E-state index is 0.163. The fourth-order valence-corrected chi connectivity index (χ4v) is 6.89. The van der Waals surface area contributed by atoms with Gasteiger partial charge in [0.2, 0.25) is 5.91 Å². The third-order valence-electron chi connectivity index (χ3n) is 5.85. The number of amides is 2. The average Bonchev–Trinajstić information content (AvgIpc) is 3.19. The molecule has 2 aromatic rings. The second-order valence-corrected chi connectivity index (χ2v) is 13.1. The smallest absolute Gasteiger partial charge is 0.328 e. The van der Waals surface area contributed by atoms with Gasteiger partial charge in [0.05, 0.1) is 11.4 Å². The molecule has 1 saturated heterocycles. The van der Waals surface area contributed by atoms with Crippen molar-refractivity contribution in [2.45, 2.75) is 49.0 Å². The summed E-state index contributed by atoms with van der Waals surface area (Å²) in [5, 5.41) is 15.1. The molecule has 1 aliphatic rings. The van der Waals surface area contributed by atoms with Gasteiger partial charge in [0.1, 0.15) is 11.4 Å². The summed E-state index contributed by atoms with van der Waals surface area (Å²) in [7, 11) is -0.962. The van der Waals surface area contributed by atoms with Crippen LogP contribution in [0.15, 0.2) is 53.4 Å². The Balaban J connectivity index is 1.95. The van der Waals surface area contributed by atoms with Gasteiger partial charge in [-0.15, -0.1) is 11.8 Å². The number of sulfonamides is 1. The first kappa shape index (κ1) is 29.6. The zero-order valence-electron chi connectivity index (χ0n) is 22.1. The molecular formula is C26H34N4O6S2. The number of anilines is 1. The molecule has 0 spiro atoms. The Kier molecular flexibility index (Phi) is 9.24. The number of aliphatic carboxylic acids is 1. The molecule has 2 amide bonds. The Morgan fingerprint density at radius 3 is 2.21 bits per heavy atom. The van der Waals surface area contributed by atoms with Gasteiger partial charge in [-0.25, -0.2) is 17.5 Å². The van der Waals surface area contributed by atoms with Crippen molar-refractivity contribution < 1.29 is 27.9 Å². The molecule has 38 heavy (non-hydrogen) atoms. The van der Waals surface area contributed by atoms with E-state index in [1.807, 2.05) is 13.8 Å². The van der Waals surface area contributed by atoms with Crippen molar-refractivity contribution in [1.29, 1.82) is 0 Å². The summed E-state index contributed by atoms with van der Waals surface area (Å²) < 4.78 is 28.0. The van der Waals surface area contributed by atoms with Crippen molar-refractivity contribution in [2.75, 3.05) is 31.7 Å². The number of rotatable bonds is 10. The van der Waals surface area contributed by atoms with Crippen LogP contribution in [0.4, 0.5) is 5.69 Å². The molecule has 0 bridgehead atoms. The molecule has 2 atom stereocenters. The van der Waals surface area contributed by atoms with Gasteiger partial charge in [-0.1, -0.05) is 29.8 Å². The van der Waals surface area contributed by atoms with Gasteiger partial charge >= 0.3 is 5.97 Å². The SMILES string of the molecule is Cc1ccc(S(=O)(=O)N(C(=O)[C@H]2NC(C)(C)CS2)[C@@H](Cc2ccc(NC(=O)CN(C)C)cc2)C(=O)O)cc1. The van der Waals surface area contributed by atoms with Crippen LogP contribution in [0.5, 0.6) is 0 Å². The summed E-state index contributed by atoms with van der Waals surface area (Å²) in [6.07, 6.45) is -0.251. The maximum atomic E-state index is 13.8. The molecule has 10 nitrogen and oxygen atoms in total. The van der Waals surface area contributed by atoms with Crippen molar-refractivity contribution in [2.24, 2.45) is 0 Å². The first-order chi connectivity index (χ1) is 17.7. The predicted molar refractivity (Wildman–Crippen MR) is 147 cm³/mol. The highest BCUT2D eigenvalue weighted by atomic mass is 32.2. The quantitative estimate of drug-likeness (QED) is 0.398. The Labute approximate surface area is 227 Å². The van der Waals surface area contributed by atoms with E-state index in [-0.39, 0.29) is 23.8 Å². The Hall–Kier alpha value is -2.93. The van der Waals surface area contributed by atoms with Gasteiger partial charge in [0.25, 0.3) is 15.9 Å². The van der Waals surface area contributed by atoms with Crippen molar-refractivity contribution in [3.63, 3.8) is 0 Å². The highest BCUT2D eigenvalue weighted by molar-refractivity contribution is 8.01. The molecule has 1 fully saturated rings. The zero-order valence-corrected chi connectivity index (χ0v) is 23.7. The van der Waals surface area contributed by atoms with E-state index in [1.54, 1.807) is 62.3 Å². The average molecular weight is 563 g/mol. The van der Waals surface area contributed by atoms with E-state index in [9.17, 15) is 27.9 Å². The van der Waals surface area contributed by atoms with Crippen LogP contribution in [0.2, 0.25) is 0 Å². The van der Waals surface area contributed by atoms with Crippen LogP contribution < -0.4 is 10.6 Å². The number of aryl methyl sites for hydroxylation is 1. The van der Waals surface area contributed by atoms with Gasteiger partial charge in [-0.05, 0) is 64.7 Å². The third kappa shape index (κ3) is 7.34. The van der Waals surface area contributed by atoms with Crippen LogP contribution in [0, 0.1) is 6.92 Å². The lowest BCUT2D eigenvalue weighted by Gasteiger charge is -2.31. The number of benzene rings is 2. The molecule has 3 N–H and O–H groups in total. The highest BCUT2D eigenvalue weighted by Gasteiger charge is 2.46. The predicted octanol–water partition coefficient (Wildman–Crippen LogP) is 2.15. The van der Waals surface area contributed by atoms with E-state index in [0.29, 0.717) is 21.3 Å². The molecule has 3 rings (SSSR count). The summed E-state index contributed by atoms with van der Waals surface area (Å²) in [5.41, 5.74) is 1.41. The minimum Gasteiger partial charge on any atom is -0.480 e. The molecule has 0 unspecified atom stereocenters.